The number of nitrogens with one attached hydrogen (secondary N) is 1. The van der Waals surface area contributed by atoms with E-state index in [2.05, 4.69) is 15.0 Å². The van der Waals surface area contributed by atoms with Crippen LogP contribution in [0.1, 0.15) is 24.1 Å². The third-order valence-corrected chi connectivity index (χ3v) is 3.27. The molecule has 7 heteroatoms. The van der Waals surface area contributed by atoms with Crippen molar-refractivity contribution < 1.29 is 22.7 Å². The van der Waals surface area contributed by atoms with E-state index in [4.69, 9.17) is 0 Å². The summed E-state index contributed by atoms with van der Waals surface area (Å²) in [6.07, 6.45) is 1.96. The second kappa shape index (κ2) is 8.32. The van der Waals surface area contributed by atoms with Crippen LogP contribution in [0.4, 0.5) is 13.2 Å². The van der Waals surface area contributed by atoms with E-state index in [1.54, 1.807) is 49.7 Å². The average molecular weight is 350 g/mol. The number of halogens is 3. The number of carbonyl (C=O) groups is 1. The Balaban J connectivity index is 1.88. The van der Waals surface area contributed by atoms with Gasteiger partial charge in [0.2, 0.25) is 5.91 Å². The van der Waals surface area contributed by atoms with Crippen molar-refractivity contribution >= 4 is 12.0 Å². The molecule has 1 unspecified atom stereocenters. The number of pyridine rings is 1. The van der Waals surface area contributed by atoms with Crippen LogP contribution in [0.15, 0.2) is 54.9 Å². The van der Waals surface area contributed by atoms with E-state index in [1.807, 2.05) is 0 Å². The number of alkyl halides is 3. The molecule has 0 saturated heterocycles. The first-order valence-corrected chi connectivity index (χ1v) is 7.51. The first-order valence-electron chi connectivity index (χ1n) is 7.51. The van der Waals surface area contributed by atoms with Gasteiger partial charge in [-0.2, -0.15) is 13.2 Å². The number of aromatic nitrogens is 1. The minimum absolute atomic E-state index is 0.122. The molecule has 1 aromatic heterocycles. The molecular weight excluding hydrogens is 333 g/mol. The maximum Gasteiger partial charge on any atom is 0.422 e. The molecule has 1 amide bonds. The Hall–Kier alpha value is -2.83. The SMILES string of the molecule is CC(NC(=O)C=Cc1ccncc1)c1ccc(OCC(F)(F)F)cc1. The minimum atomic E-state index is -4.37. The van der Waals surface area contributed by atoms with Gasteiger partial charge in [-0.05, 0) is 48.4 Å². The molecule has 1 heterocycles. The standard InChI is InChI=1S/C18H17F3N2O2/c1-13(23-17(24)7-2-14-8-10-22-11-9-14)15-3-5-16(6-4-15)25-12-18(19,20)21/h2-11,13H,12H2,1H3,(H,23,24). The molecule has 4 nitrogen and oxygen atoms in total. The third-order valence-electron chi connectivity index (χ3n) is 3.27. The van der Waals surface area contributed by atoms with Gasteiger partial charge in [-0.1, -0.05) is 12.1 Å². The normalized spacial score (nSPS) is 12.8. The van der Waals surface area contributed by atoms with Gasteiger partial charge in [0.25, 0.3) is 0 Å². The van der Waals surface area contributed by atoms with Gasteiger partial charge in [0.15, 0.2) is 6.61 Å². The quantitative estimate of drug-likeness (QED) is 0.804. The summed E-state index contributed by atoms with van der Waals surface area (Å²) in [6, 6.07) is 9.35. The lowest BCUT2D eigenvalue weighted by Gasteiger charge is -2.14. The van der Waals surface area contributed by atoms with Crippen LogP contribution in [0.25, 0.3) is 6.08 Å². The van der Waals surface area contributed by atoms with E-state index in [1.165, 1.54) is 18.2 Å². The first-order chi connectivity index (χ1) is 11.8. The number of ether oxygens (including phenoxy) is 1. The Bertz CT molecular complexity index is 713. The summed E-state index contributed by atoms with van der Waals surface area (Å²) in [6.45, 7) is 0.447. The summed E-state index contributed by atoms with van der Waals surface area (Å²) >= 11 is 0. The molecule has 0 fully saturated rings. The lowest BCUT2D eigenvalue weighted by molar-refractivity contribution is -0.153. The van der Waals surface area contributed by atoms with Crippen LogP contribution in [-0.4, -0.2) is 23.7 Å². The molecule has 0 saturated carbocycles. The van der Waals surface area contributed by atoms with E-state index >= 15 is 0 Å². The maximum atomic E-state index is 12.1. The van der Waals surface area contributed by atoms with Crippen molar-refractivity contribution in [1.29, 1.82) is 0 Å². The molecule has 0 aliphatic carbocycles. The van der Waals surface area contributed by atoms with Gasteiger partial charge < -0.3 is 10.1 Å². The van der Waals surface area contributed by atoms with Crippen LogP contribution >= 0.6 is 0 Å². The van der Waals surface area contributed by atoms with E-state index < -0.39 is 12.8 Å². The lowest BCUT2D eigenvalue weighted by atomic mass is 10.1. The van der Waals surface area contributed by atoms with E-state index in [9.17, 15) is 18.0 Å². The monoisotopic (exact) mass is 350 g/mol. The zero-order chi connectivity index (χ0) is 18.3. The summed E-state index contributed by atoms with van der Waals surface area (Å²) in [4.78, 5) is 15.8. The second-order valence-electron chi connectivity index (χ2n) is 5.32. The molecule has 0 aliphatic heterocycles. The van der Waals surface area contributed by atoms with E-state index in [0.29, 0.717) is 0 Å². The van der Waals surface area contributed by atoms with Crippen LogP contribution in [0.3, 0.4) is 0 Å². The van der Waals surface area contributed by atoms with Gasteiger partial charge in [-0.25, -0.2) is 0 Å². The Kier molecular flexibility index (Phi) is 6.16. The van der Waals surface area contributed by atoms with Crippen molar-refractivity contribution in [2.75, 3.05) is 6.61 Å². The Morgan fingerprint density at radius 3 is 2.44 bits per heavy atom. The molecule has 0 spiro atoms. The summed E-state index contributed by atoms with van der Waals surface area (Å²) < 4.78 is 41.0. The summed E-state index contributed by atoms with van der Waals surface area (Å²) in [5, 5.41) is 2.78. The largest absolute Gasteiger partial charge is 0.484 e. The smallest absolute Gasteiger partial charge is 0.422 e. The highest BCUT2D eigenvalue weighted by molar-refractivity contribution is 5.91. The van der Waals surface area contributed by atoms with Crippen molar-refractivity contribution in [3.63, 3.8) is 0 Å². The fraction of sp³-hybridized carbons (Fsp3) is 0.222. The highest BCUT2D eigenvalue weighted by atomic mass is 19.4. The highest BCUT2D eigenvalue weighted by Crippen LogP contribution is 2.21. The maximum absolute atomic E-state index is 12.1. The Labute approximate surface area is 143 Å². The number of carbonyl (C=O) groups excluding carboxylic acids is 1. The van der Waals surface area contributed by atoms with Gasteiger partial charge in [0, 0.05) is 18.5 Å². The van der Waals surface area contributed by atoms with Crippen molar-refractivity contribution in [3.8, 4) is 5.75 Å². The third kappa shape index (κ3) is 6.66. The molecule has 2 rings (SSSR count). The highest BCUT2D eigenvalue weighted by Gasteiger charge is 2.28. The molecule has 0 radical (unpaired) electrons. The molecular formula is C18H17F3N2O2. The number of nitrogens with zero attached hydrogens (tertiary/aromatic N) is 1. The summed E-state index contributed by atoms with van der Waals surface area (Å²) in [7, 11) is 0. The number of benzene rings is 1. The van der Waals surface area contributed by atoms with Crippen molar-refractivity contribution in [2.45, 2.75) is 19.1 Å². The Morgan fingerprint density at radius 1 is 1.20 bits per heavy atom. The van der Waals surface area contributed by atoms with Gasteiger partial charge in [0.1, 0.15) is 5.75 Å². The Morgan fingerprint density at radius 2 is 1.84 bits per heavy atom. The summed E-state index contributed by atoms with van der Waals surface area (Å²) in [5.41, 5.74) is 1.61. The number of amides is 1. The van der Waals surface area contributed by atoms with Crippen LogP contribution in [-0.2, 0) is 4.79 Å². The molecule has 25 heavy (non-hydrogen) atoms. The van der Waals surface area contributed by atoms with Crippen molar-refractivity contribution in [3.05, 3.63) is 66.0 Å². The number of rotatable bonds is 6. The van der Waals surface area contributed by atoms with Crippen LogP contribution < -0.4 is 10.1 Å². The van der Waals surface area contributed by atoms with Crippen LogP contribution in [0.5, 0.6) is 5.75 Å². The topological polar surface area (TPSA) is 51.2 Å². The fourth-order valence-electron chi connectivity index (χ4n) is 2.01. The fourth-order valence-corrected chi connectivity index (χ4v) is 2.01. The predicted octanol–water partition coefficient (Wildman–Crippen LogP) is 3.91. The van der Waals surface area contributed by atoms with Gasteiger partial charge in [0.05, 0.1) is 6.04 Å². The molecule has 0 bridgehead atoms. The van der Waals surface area contributed by atoms with Crippen LogP contribution in [0, 0.1) is 0 Å². The number of hydrogen-bond acceptors (Lipinski definition) is 3. The average Bonchev–Trinajstić information content (AvgIpc) is 2.59. The number of hydrogen-bond donors (Lipinski definition) is 1. The minimum Gasteiger partial charge on any atom is -0.484 e. The zero-order valence-electron chi connectivity index (χ0n) is 13.5. The molecule has 1 N–H and O–H groups in total. The molecule has 1 aromatic carbocycles. The molecule has 2 aromatic rings. The molecule has 0 aliphatic rings. The van der Waals surface area contributed by atoms with Gasteiger partial charge >= 0.3 is 6.18 Å². The predicted molar refractivity (Wildman–Crippen MR) is 87.8 cm³/mol. The summed E-state index contributed by atoms with van der Waals surface area (Å²) in [5.74, 6) is -0.154. The van der Waals surface area contributed by atoms with E-state index in [0.717, 1.165) is 11.1 Å². The van der Waals surface area contributed by atoms with Gasteiger partial charge in [-0.15, -0.1) is 0 Å². The van der Waals surface area contributed by atoms with Crippen molar-refractivity contribution in [2.24, 2.45) is 0 Å². The van der Waals surface area contributed by atoms with Gasteiger partial charge in [-0.3, -0.25) is 9.78 Å². The lowest BCUT2D eigenvalue weighted by Crippen LogP contribution is -2.24. The van der Waals surface area contributed by atoms with Crippen molar-refractivity contribution in [1.82, 2.24) is 10.3 Å². The molecule has 132 valence electrons. The second-order valence-corrected chi connectivity index (χ2v) is 5.32. The molecule has 1 atom stereocenters. The van der Waals surface area contributed by atoms with Crippen LogP contribution in [0.2, 0.25) is 0 Å². The zero-order valence-corrected chi connectivity index (χ0v) is 13.5. The first kappa shape index (κ1) is 18.5. The van der Waals surface area contributed by atoms with E-state index in [-0.39, 0.29) is 17.7 Å².